The van der Waals surface area contributed by atoms with Gasteiger partial charge in [-0.2, -0.15) is 0 Å². The van der Waals surface area contributed by atoms with E-state index in [1.807, 2.05) is 17.7 Å². The maximum absolute atomic E-state index is 13.3. The summed E-state index contributed by atoms with van der Waals surface area (Å²) in [7, 11) is 0. The van der Waals surface area contributed by atoms with Gasteiger partial charge in [0, 0.05) is 18.9 Å². The molecule has 1 unspecified atom stereocenters. The molecule has 0 aliphatic carbocycles. The van der Waals surface area contributed by atoms with Crippen LogP contribution in [0.15, 0.2) is 30.6 Å². The van der Waals surface area contributed by atoms with Crippen LogP contribution in [-0.2, 0) is 6.54 Å². The summed E-state index contributed by atoms with van der Waals surface area (Å²) in [5, 5.41) is 10.3. The Bertz CT molecular complexity index is 536. The average Bonchev–Trinajstić information content (AvgIpc) is 2.80. The summed E-state index contributed by atoms with van der Waals surface area (Å²) >= 11 is 0. The smallest absolute Gasteiger partial charge is 0.142 e. The molecule has 0 amide bonds. The first-order chi connectivity index (χ1) is 8.63. The summed E-state index contributed by atoms with van der Waals surface area (Å²) in [6, 6.07) is 4.43. The molecule has 3 nitrogen and oxygen atoms in total. The minimum Gasteiger partial charge on any atom is -0.380 e. The highest BCUT2D eigenvalue weighted by molar-refractivity contribution is 5.32. The summed E-state index contributed by atoms with van der Waals surface area (Å²) in [6.45, 7) is 4.70. The Kier molecular flexibility index (Phi) is 3.77. The van der Waals surface area contributed by atoms with Crippen LogP contribution in [0.2, 0.25) is 0 Å². The number of hydrogen-bond donors (Lipinski definition) is 1. The third kappa shape index (κ3) is 2.43. The van der Waals surface area contributed by atoms with Gasteiger partial charge in [0.05, 0.1) is 0 Å². The van der Waals surface area contributed by atoms with Crippen molar-refractivity contribution >= 4 is 0 Å². The Balaban J connectivity index is 2.38. The quantitative estimate of drug-likeness (QED) is 0.903. The van der Waals surface area contributed by atoms with E-state index in [1.54, 1.807) is 12.3 Å². The standard InChI is InChI=1S/C14H17FN2O/c1-3-7-17-8-6-16-14(17)13(18)12-9-11(15)5-4-10(12)2/h4-6,8-9,13,18H,3,7H2,1-2H3. The largest absolute Gasteiger partial charge is 0.380 e. The normalized spacial score (nSPS) is 12.7. The lowest BCUT2D eigenvalue weighted by atomic mass is 10.0. The van der Waals surface area contributed by atoms with Crippen molar-refractivity contribution in [2.75, 3.05) is 0 Å². The van der Waals surface area contributed by atoms with Crippen LogP contribution in [0.5, 0.6) is 0 Å². The number of aromatic nitrogens is 2. The van der Waals surface area contributed by atoms with Gasteiger partial charge in [-0.25, -0.2) is 9.37 Å². The van der Waals surface area contributed by atoms with Crippen molar-refractivity contribution in [3.63, 3.8) is 0 Å². The van der Waals surface area contributed by atoms with Gasteiger partial charge in [-0.05, 0) is 36.6 Å². The van der Waals surface area contributed by atoms with Crippen molar-refractivity contribution in [1.82, 2.24) is 9.55 Å². The Labute approximate surface area is 106 Å². The van der Waals surface area contributed by atoms with E-state index in [9.17, 15) is 9.50 Å². The van der Waals surface area contributed by atoms with Gasteiger partial charge in [0.15, 0.2) is 0 Å². The van der Waals surface area contributed by atoms with Crippen molar-refractivity contribution in [2.45, 2.75) is 32.9 Å². The van der Waals surface area contributed by atoms with Crippen LogP contribution in [0.25, 0.3) is 0 Å². The van der Waals surface area contributed by atoms with Crippen molar-refractivity contribution in [2.24, 2.45) is 0 Å². The molecule has 0 saturated heterocycles. The lowest BCUT2D eigenvalue weighted by Gasteiger charge is -2.15. The molecule has 1 aromatic carbocycles. The van der Waals surface area contributed by atoms with Gasteiger partial charge in [-0.1, -0.05) is 13.0 Å². The third-order valence-electron chi connectivity index (χ3n) is 2.99. The number of aryl methyl sites for hydroxylation is 2. The van der Waals surface area contributed by atoms with E-state index in [4.69, 9.17) is 0 Å². The maximum atomic E-state index is 13.3. The first kappa shape index (κ1) is 12.8. The third-order valence-corrected chi connectivity index (χ3v) is 2.99. The molecule has 96 valence electrons. The number of aliphatic hydroxyl groups is 1. The molecule has 0 saturated carbocycles. The number of benzene rings is 1. The molecule has 18 heavy (non-hydrogen) atoms. The lowest BCUT2D eigenvalue weighted by molar-refractivity contribution is 0.203. The Morgan fingerprint density at radius 1 is 1.44 bits per heavy atom. The van der Waals surface area contributed by atoms with Crippen LogP contribution in [-0.4, -0.2) is 14.7 Å². The topological polar surface area (TPSA) is 38.0 Å². The number of imidazole rings is 1. The van der Waals surface area contributed by atoms with Gasteiger partial charge >= 0.3 is 0 Å². The van der Waals surface area contributed by atoms with Crippen LogP contribution in [0.4, 0.5) is 4.39 Å². The molecule has 2 rings (SSSR count). The second-order valence-electron chi connectivity index (χ2n) is 4.38. The van der Waals surface area contributed by atoms with E-state index >= 15 is 0 Å². The van der Waals surface area contributed by atoms with E-state index in [1.165, 1.54) is 12.1 Å². The molecular weight excluding hydrogens is 231 g/mol. The van der Waals surface area contributed by atoms with E-state index in [-0.39, 0.29) is 5.82 Å². The number of nitrogens with zero attached hydrogens (tertiary/aromatic N) is 2. The van der Waals surface area contributed by atoms with E-state index < -0.39 is 6.10 Å². The zero-order chi connectivity index (χ0) is 13.1. The fourth-order valence-electron chi connectivity index (χ4n) is 2.04. The van der Waals surface area contributed by atoms with Gasteiger partial charge in [0.1, 0.15) is 17.7 Å². The molecule has 0 aliphatic heterocycles. The van der Waals surface area contributed by atoms with Gasteiger partial charge < -0.3 is 9.67 Å². The van der Waals surface area contributed by atoms with Crippen molar-refractivity contribution in [1.29, 1.82) is 0 Å². The van der Waals surface area contributed by atoms with Crippen LogP contribution in [0, 0.1) is 12.7 Å². The van der Waals surface area contributed by atoms with E-state index in [2.05, 4.69) is 11.9 Å². The molecule has 0 spiro atoms. The molecular formula is C14H17FN2O. The predicted octanol–water partition coefficient (Wildman–Crippen LogP) is 2.82. The molecule has 0 radical (unpaired) electrons. The molecule has 1 heterocycles. The van der Waals surface area contributed by atoms with E-state index in [0.717, 1.165) is 18.5 Å². The Hall–Kier alpha value is -1.68. The predicted molar refractivity (Wildman–Crippen MR) is 67.7 cm³/mol. The summed E-state index contributed by atoms with van der Waals surface area (Å²) < 4.78 is 15.2. The van der Waals surface area contributed by atoms with Gasteiger partial charge in [-0.15, -0.1) is 0 Å². The summed E-state index contributed by atoms with van der Waals surface area (Å²) in [5.74, 6) is 0.216. The SMILES string of the molecule is CCCn1ccnc1C(O)c1cc(F)ccc1C. The highest BCUT2D eigenvalue weighted by atomic mass is 19.1. The molecule has 2 aromatic rings. The zero-order valence-electron chi connectivity index (χ0n) is 10.6. The van der Waals surface area contributed by atoms with Crippen molar-refractivity contribution in [3.8, 4) is 0 Å². The van der Waals surface area contributed by atoms with Crippen LogP contribution < -0.4 is 0 Å². The van der Waals surface area contributed by atoms with Gasteiger partial charge in [-0.3, -0.25) is 0 Å². The Morgan fingerprint density at radius 3 is 2.94 bits per heavy atom. The number of aliphatic hydroxyl groups excluding tert-OH is 1. The summed E-state index contributed by atoms with van der Waals surface area (Å²) in [6.07, 6.45) is 3.56. The van der Waals surface area contributed by atoms with Crippen molar-refractivity contribution < 1.29 is 9.50 Å². The van der Waals surface area contributed by atoms with Crippen molar-refractivity contribution in [3.05, 3.63) is 53.4 Å². The maximum Gasteiger partial charge on any atom is 0.142 e. The van der Waals surface area contributed by atoms with Crippen LogP contribution in [0.1, 0.15) is 36.4 Å². The molecule has 1 atom stereocenters. The summed E-state index contributed by atoms with van der Waals surface area (Å²) in [4.78, 5) is 4.17. The van der Waals surface area contributed by atoms with Crippen LogP contribution in [0.3, 0.4) is 0 Å². The molecule has 1 N–H and O–H groups in total. The second kappa shape index (κ2) is 5.31. The van der Waals surface area contributed by atoms with Crippen LogP contribution >= 0.6 is 0 Å². The van der Waals surface area contributed by atoms with E-state index in [0.29, 0.717) is 11.4 Å². The lowest BCUT2D eigenvalue weighted by Crippen LogP contribution is -2.11. The van der Waals surface area contributed by atoms with Gasteiger partial charge in [0.25, 0.3) is 0 Å². The Morgan fingerprint density at radius 2 is 2.22 bits per heavy atom. The molecule has 0 aliphatic rings. The second-order valence-corrected chi connectivity index (χ2v) is 4.38. The fraction of sp³-hybridized carbons (Fsp3) is 0.357. The molecule has 1 aromatic heterocycles. The first-order valence-corrected chi connectivity index (χ1v) is 6.08. The molecule has 0 fully saturated rings. The zero-order valence-corrected chi connectivity index (χ0v) is 10.6. The minimum atomic E-state index is -0.887. The number of halogens is 1. The highest BCUT2D eigenvalue weighted by Gasteiger charge is 2.18. The molecule has 4 heteroatoms. The first-order valence-electron chi connectivity index (χ1n) is 6.08. The average molecular weight is 248 g/mol. The minimum absolute atomic E-state index is 0.344. The fourth-order valence-corrected chi connectivity index (χ4v) is 2.04. The number of rotatable bonds is 4. The summed E-state index contributed by atoms with van der Waals surface area (Å²) in [5.41, 5.74) is 1.42. The van der Waals surface area contributed by atoms with Gasteiger partial charge in [0.2, 0.25) is 0 Å². The highest BCUT2D eigenvalue weighted by Crippen LogP contribution is 2.24. The molecule has 0 bridgehead atoms. The number of hydrogen-bond acceptors (Lipinski definition) is 2. The monoisotopic (exact) mass is 248 g/mol.